The second-order valence-corrected chi connectivity index (χ2v) is 1.96. The van der Waals surface area contributed by atoms with Crippen LogP contribution in [0.2, 0.25) is 0 Å². The van der Waals surface area contributed by atoms with Crippen LogP contribution < -0.4 is 0 Å². The predicted octanol–water partition coefficient (Wildman–Crippen LogP) is 2.65. The molecule has 0 saturated heterocycles. The van der Waals surface area contributed by atoms with Crippen molar-refractivity contribution in [1.29, 1.82) is 5.26 Å². The summed E-state index contributed by atoms with van der Waals surface area (Å²) in [7, 11) is 0. The first-order valence-electron chi connectivity index (χ1n) is 3.43. The highest BCUT2D eigenvalue weighted by atomic mass is 14.2. The van der Waals surface area contributed by atoms with Gasteiger partial charge in [-0.15, -0.1) is 0 Å². The molecule has 0 unspecified atom stereocenters. The van der Waals surface area contributed by atoms with Gasteiger partial charge in [0, 0.05) is 6.42 Å². The van der Waals surface area contributed by atoms with E-state index in [-0.39, 0.29) is 0 Å². The molecule has 0 aliphatic carbocycles. The lowest BCUT2D eigenvalue weighted by Gasteiger charge is -1.82. The molecular weight excluding hydrogens is 110 g/mol. The summed E-state index contributed by atoms with van der Waals surface area (Å²) >= 11 is 0. The number of allylic oxidation sites excluding steroid dienone is 2. The Bertz CT molecular complexity index is 108. The molecule has 0 heterocycles. The van der Waals surface area contributed by atoms with Crippen molar-refractivity contribution in [2.24, 2.45) is 0 Å². The highest BCUT2D eigenvalue weighted by Gasteiger charge is 1.75. The second kappa shape index (κ2) is 7.23. The number of unbranched alkanes of at least 4 members (excludes halogenated alkanes) is 2. The molecule has 0 amide bonds. The van der Waals surface area contributed by atoms with E-state index in [2.05, 4.69) is 25.1 Å². The molecule has 0 fully saturated rings. The van der Waals surface area contributed by atoms with Crippen molar-refractivity contribution >= 4 is 0 Å². The van der Waals surface area contributed by atoms with Gasteiger partial charge in [0.15, 0.2) is 0 Å². The molecule has 0 spiro atoms. The van der Waals surface area contributed by atoms with Gasteiger partial charge in [-0.1, -0.05) is 25.5 Å². The van der Waals surface area contributed by atoms with Gasteiger partial charge in [-0.3, -0.25) is 0 Å². The monoisotopic (exact) mass is 123 g/mol. The normalized spacial score (nSPS) is 9.78. The highest BCUT2D eigenvalue weighted by Crippen LogP contribution is 1.92. The molecule has 0 aromatic rings. The maximum Gasteiger partial charge on any atom is 0.0624 e. The summed E-state index contributed by atoms with van der Waals surface area (Å²) < 4.78 is 0. The summed E-state index contributed by atoms with van der Waals surface area (Å²) in [6.45, 7) is 2.15. The molecule has 9 heavy (non-hydrogen) atoms. The highest BCUT2D eigenvalue weighted by molar-refractivity contribution is 4.84. The van der Waals surface area contributed by atoms with E-state index in [0.29, 0.717) is 6.42 Å². The van der Waals surface area contributed by atoms with Gasteiger partial charge in [-0.05, 0) is 12.8 Å². The minimum Gasteiger partial charge on any atom is -0.198 e. The van der Waals surface area contributed by atoms with Gasteiger partial charge in [0.05, 0.1) is 6.07 Å². The summed E-state index contributed by atoms with van der Waals surface area (Å²) in [5.74, 6) is 0. The molecule has 0 saturated carbocycles. The fourth-order valence-electron chi connectivity index (χ4n) is 0.550. The SMILES string of the molecule is CCC/C=C/CCC#N. The third-order valence-corrected chi connectivity index (χ3v) is 1.04. The smallest absolute Gasteiger partial charge is 0.0624 e. The molecule has 0 aliphatic rings. The van der Waals surface area contributed by atoms with Crippen LogP contribution >= 0.6 is 0 Å². The van der Waals surface area contributed by atoms with Gasteiger partial charge < -0.3 is 0 Å². The van der Waals surface area contributed by atoms with Crippen molar-refractivity contribution in [3.05, 3.63) is 12.2 Å². The fraction of sp³-hybridized carbons (Fsp3) is 0.625. The maximum atomic E-state index is 8.14. The van der Waals surface area contributed by atoms with Crippen molar-refractivity contribution < 1.29 is 0 Å². The van der Waals surface area contributed by atoms with Crippen LogP contribution in [0.1, 0.15) is 32.6 Å². The van der Waals surface area contributed by atoms with Crippen LogP contribution in [0.5, 0.6) is 0 Å². The third kappa shape index (κ3) is 7.23. The zero-order valence-corrected chi connectivity index (χ0v) is 5.93. The summed E-state index contributed by atoms with van der Waals surface area (Å²) in [4.78, 5) is 0. The molecule has 0 aromatic carbocycles. The van der Waals surface area contributed by atoms with Crippen LogP contribution in [0, 0.1) is 11.3 Å². The van der Waals surface area contributed by atoms with Crippen LogP contribution in [0.3, 0.4) is 0 Å². The van der Waals surface area contributed by atoms with Crippen molar-refractivity contribution in [3.63, 3.8) is 0 Å². The van der Waals surface area contributed by atoms with Crippen molar-refractivity contribution in [2.45, 2.75) is 32.6 Å². The summed E-state index contributed by atoms with van der Waals surface area (Å²) in [5, 5.41) is 8.14. The number of hydrogen-bond donors (Lipinski definition) is 0. The van der Waals surface area contributed by atoms with Gasteiger partial charge in [0.25, 0.3) is 0 Å². The Morgan fingerprint density at radius 1 is 1.33 bits per heavy atom. The Morgan fingerprint density at radius 3 is 2.56 bits per heavy atom. The maximum absolute atomic E-state index is 8.14. The zero-order chi connectivity index (χ0) is 6.95. The Balaban J connectivity index is 2.97. The van der Waals surface area contributed by atoms with E-state index in [1.807, 2.05) is 0 Å². The van der Waals surface area contributed by atoms with Gasteiger partial charge in [-0.2, -0.15) is 5.26 Å². The van der Waals surface area contributed by atoms with E-state index in [1.165, 1.54) is 6.42 Å². The molecule has 0 bridgehead atoms. The average Bonchev–Trinajstić information content (AvgIpc) is 1.89. The Kier molecular flexibility index (Phi) is 6.61. The molecule has 0 aromatic heterocycles. The van der Waals surface area contributed by atoms with Gasteiger partial charge in [0.1, 0.15) is 0 Å². The van der Waals surface area contributed by atoms with E-state index in [1.54, 1.807) is 0 Å². The Labute approximate surface area is 57.0 Å². The lowest BCUT2D eigenvalue weighted by molar-refractivity contribution is 0.945. The van der Waals surface area contributed by atoms with Crippen molar-refractivity contribution in [1.82, 2.24) is 0 Å². The molecule has 0 aliphatic heterocycles. The van der Waals surface area contributed by atoms with Gasteiger partial charge in [0.2, 0.25) is 0 Å². The quantitative estimate of drug-likeness (QED) is 0.416. The second-order valence-electron chi connectivity index (χ2n) is 1.96. The van der Waals surface area contributed by atoms with Gasteiger partial charge >= 0.3 is 0 Å². The lowest BCUT2D eigenvalue weighted by Crippen LogP contribution is -1.64. The first-order chi connectivity index (χ1) is 4.41. The fourth-order valence-corrected chi connectivity index (χ4v) is 0.550. The summed E-state index contributed by atoms with van der Waals surface area (Å²) in [5.41, 5.74) is 0. The molecule has 0 atom stereocenters. The number of nitrogens with zero attached hydrogens (tertiary/aromatic N) is 1. The van der Waals surface area contributed by atoms with E-state index in [4.69, 9.17) is 5.26 Å². The molecule has 1 heteroatoms. The Hall–Kier alpha value is -0.770. The summed E-state index contributed by atoms with van der Waals surface area (Å²) in [6, 6.07) is 2.09. The minimum absolute atomic E-state index is 0.653. The van der Waals surface area contributed by atoms with E-state index >= 15 is 0 Å². The van der Waals surface area contributed by atoms with E-state index < -0.39 is 0 Å². The van der Waals surface area contributed by atoms with Crippen LogP contribution in [0.25, 0.3) is 0 Å². The molecule has 0 radical (unpaired) electrons. The van der Waals surface area contributed by atoms with Crippen LogP contribution in [0.4, 0.5) is 0 Å². The third-order valence-electron chi connectivity index (χ3n) is 1.04. The standard InChI is InChI=1S/C8H13N/c1-2-3-4-5-6-7-8-9/h4-5H,2-3,6-7H2,1H3/b5-4+. The van der Waals surface area contributed by atoms with Crippen LogP contribution in [-0.2, 0) is 0 Å². The van der Waals surface area contributed by atoms with Crippen LogP contribution in [0.15, 0.2) is 12.2 Å². The Morgan fingerprint density at radius 2 is 2.00 bits per heavy atom. The topological polar surface area (TPSA) is 23.8 Å². The lowest BCUT2D eigenvalue weighted by atomic mass is 10.2. The molecule has 0 N–H and O–H groups in total. The minimum atomic E-state index is 0.653. The summed E-state index contributed by atoms with van der Waals surface area (Å²) in [6.07, 6.45) is 8.12. The van der Waals surface area contributed by atoms with Crippen LogP contribution in [-0.4, -0.2) is 0 Å². The average molecular weight is 123 g/mol. The number of nitriles is 1. The van der Waals surface area contributed by atoms with E-state index in [9.17, 15) is 0 Å². The van der Waals surface area contributed by atoms with Crippen molar-refractivity contribution in [3.8, 4) is 6.07 Å². The zero-order valence-electron chi connectivity index (χ0n) is 5.93. The molecular formula is C8H13N. The number of rotatable bonds is 4. The first-order valence-corrected chi connectivity index (χ1v) is 3.43. The molecule has 0 rings (SSSR count). The predicted molar refractivity (Wildman–Crippen MR) is 38.9 cm³/mol. The largest absolute Gasteiger partial charge is 0.198 e. The number of hydrogen-bond acceptors (Lipinski definition) is 1. The molecule has 1 nitrogen and oxygen atoms in total. The van der Waals surface area contributed by atoms with E-state index in [0.717, 1.165) is 12.8 Å². The van der Waals surface area contributed by atoms with Gasteiger partial charge in [-0.25, -0.2) is 0 Å². The molecule has 50 valence electrons. The first kappa shape index (κ1) is 8.23. The van der Waals surface area contributed by atoms with Crippen molar-refractivity contribution in [2.75, 3.05) is 0 Å².